The molecule has 1 fully saturated rings. The minimum atomic E-state index is -0.181. The SMILES string of the molecule is COc1c(Oc2ccc(CCN)cc2)cc(C(=O)N2CCOCC2)c(OC)c1OC. The molecule has 1 aliphatic heterocycles. The van der Waals surface area contributed by atoms with Gasteiger partial charge in [0.15, 0.2) is 11.5 Å². The van der Waals surface area contributed by atoms with Crippen LogP contribution in [0.1, 0.15) is 15.9 Å². The molecule has 1 amide bonds. The Hall–Kier alpha value is -2.97. The van der Waals surface area contributed by atoms with Crippen molar-refractivity contribution < 1.29 is 28.5 Å². The lowest BCUT2D eigenvalue weighted by atomic mass is 10.1. The number of carbonyl (C=O) groups is 1. The number of hydrogen-bond donors (Lipinski definition) is 1. The summed E-state index contributed by atoms with van der Waals surface area (Å²) in [6, 6.07) is 9.24. The first-order chi connectivity index (χ1) is 14.6. The highest BCUT2D eigenvalue weighted by atomic mass is 16.5. The van der Waals surface area contributed by atoms with Crippen molar-refractivity contribution in [2.75, 3.05) is 54.2 Å². The van der Waals surface area contributed by atoms with Crippen molar-refractivity contribution in [2.24, 2.45) is 5.73 Å². The van der Waals surface area contributed by atoms with E-state index in [1.807, 2.05) is 24.3 Å². The number of nitrogens with zero attached hydrogens (tertiary/aromatic N) is 1. The normalized spacial score (nSPS) is 13.7. The molecule has 0 aliphatic carbocycles. The van der Waals surface area contributed by atoms with Gasteiger partial charge in [0.25, 0.3) is 5.91 Å². The van der Waals surface area contributed by atoms with Gasteiger partial charge in [-0.1, -0.05) is 12.1 Å². The molecule has 8 nitrogen and oxygen atoms in total. The van der Waals surface area contributed by atoms with Crippen molar-refractivity contribution >= 4 is 5.91 Å². The summed E-state index contributed by atoms with van der Waals surface area (Å²) in [5, 5.41) is 0. The molecule has 0 spiro atoms. The van der Waals surface area contributed by atoms with Crippen LogP contribution in [0.2, 0.25) is 0 Å². The van der Waals surface area contributed by atoms with Crippen molar-refractivity contribution in [3.8, 4) is 28.7 Å². The third kappa shape index (κ3) is 4.60. The molecule has 2 aromatic rings. The van der Waals surface area contributed by atoms with E-state index in [9.17, 15) is 4.79 Å². The molecule has 0 bridgehead atoms. The maximum absolute atomic E-state index is 13.2. The molecule has 1 aliphatic rings. The summed E-state index contributed by atoms with van der Waals surface area (Å²) in [5.74, 6) is 1.73. The van der Waals surface area contributed by atoms with Gasteiger partial charge < -0.3 is 34.3 Å². The molecule has 1 heterocycles. The van der Waals surface area contributed by atoms with Gasteiger partial charge in [0.05, 0.1) is 40.1 Å². The maximum atomic E-state index is 13.2. The average molecular weight is 416 g/mol. The van der Waals surface area contributed by atoms with Crippen LogP contribution in [-0.4, -0.2) is 65.0 Å². The molecule has 30 heavy (non-hydrogen) atoms. The van der Waals surface area contributed by atoms with Gasteiger partial charge in [-0.25, -0.2) is 0 Å². The van der Waals surface area contributed by atoms with Crippen molar-refractivity contribution in [3.63, 3.8) is 0 Å². The Labute approximate surface area is 176 Å². The van der Waals surface area contributed by atoms with Gasteiger partial charge in [-0.3, -0.25) is 4.79 Å². The van der Waals surface area contributed by atoms with Gasteiger partial charge in [-0.05, 0) is 30.7 Å². The van der Waals surface area contributed by atoms with Crippen LogP contribution >= 0.6 is 0 Å². The molecule has 0 atom stereocenters. The van der Waals surface area contributed by atoms with E-state index in [1.54, 1.807) is 11.0 Å². The largest absolute Gasteiger partial charge is 0.492 e. The maximum Gasteiger partial charge on any atom is 0.258 e. The number of rotatable bonds is 8. The minimum absolute atomic E-state index is 0.181. The number of amides is 1. The highest BCUT2D eigenvalue weighted by Gasteiger charge is 2.29. The van der Waals surface area contributed by atoms with Gasteiger partial charge in [0.1, 0.15) is 5.75 Å². The van der Waals surface area contributed by atoms with E-state index in [2.05, 4.69) is 0 Å². The Bertz CT molecular complexity index is 863. The predicted octanol–water partition coefficient (Wildman–Crippen LogP) is 2.48. The molecule has 2 aromatic carbocycles. The quantitative estimate of drug-likeness (QED) is 0.707. The lowest BCUT2D eigenvalue weighted by Gasteiger charge is -2.28. The average Bonchev–Trinajstić information content (AvgIpc) is 2.79. The van der Waals surface area contributed by atoms with Crippen LogP contribution in [0.3, 0.4) is 0 Å². The van der Waals surface area contributed by atoms with E-state index in [4.69, 9.17) is 29.4 Å². The van der Waals surface area contributed by atoms with Gasteiger partial charge in [0.2, 0.25) is 11.5 Å². The topological polar surface area (TPSA) is 92.5 Å². The second-order valence-electron chi connectivity index (χ2n) is 6.71. The van der Waals surface area contributed by atoms with Crippen LogP contribution in [-0.2, 0) is 11.2 Å². The number of nitrogens with two attached hydrogens (primary N) is 1. The summed E-state index contributed by atoms with van der Waals surface area (Å²) < 4.78 is 28.0. The minimum Gasteiger partial charge on any atom is -0.492 e. The van der Waals surface area contributed by atoms with Gasteiger partial charge >= 0.3 is 0 Å². The van der Waals surface area contributed by atoms with Crippen molar-refractivity contribution in [2.45, 2.75) is 6.42 Å². The Morgan fingerprint density at radius 3 is 2.20 bits per heavy atom. The molecular weight excluding hydrogens is 388 g/mol. The highest BCUT2D eigenvalue weighted by molar-refractivity contribution is 5.99. The van der Waals surface area contributed by atoms with E-state index in [1.165, 1.54) is 21.3 Å². The lowest BCUT2D eigenvalue weighted by molar-refractivity contribution is 0.0300. The van der Waals surface area contributed by atoms with Crippen molar-refractivity contribution in [3.05, 3.63) is 41.5 Å². The summed E-state index contributed by atoms with van der Waals surface area (Å²) in [6.45, 7) is 2.60. The smallest absolute Gasteiger partial charge is 0.258 e. The molecule has 0 aromatic heterocycles. The standard InChI is InChI=1S/C22H28N2O6/c1-26-19-17(22(25)24-10-12-29-13-11-24)14-18(20(27-2)21(19)28-3)30-16-6-4-15(5-7-16)8-9-23/h4-7,14H,8-13,23H2,1-3H3. The number of hydrogen-bond acceptors (Lipinski definition) is 7. The van der Waals surface area contributed by atoms with Gasteiger partial charge in [-0.2, -0.15) is 0 Å². The number of morpholine rings is 1. The van der Waals surface area contributed by atoms with Crippen LogP contribution in [0.4, 0.5) is 0 Å². The first kappa shape index (κ1) is 21.7. The Morgan fingerprint density at radius 2 is 1.63 bits per heavy atom. The first-order valence-electron chi connectivity index (χ1n) is 9.79. The van der Waals surface area contributed by atoms with Crippen LogP contribution < -0.4 is 24.7 Å². The summed E-state index contributed by atoms with van der Waals surface area (Å²) >= 11 is 0. The zero-order valence-corrected chi connectivity index (χ0v) is 17.6. The van der Waals surface area contributed by atoms with Crippen LogP contribution in [0.15, 0.2) is 30.3 Å². The van der Waals surface area contributed by atoms with Crippen molar-refractivity contribution in [1.29, 1.82) is 0 Å². The monoisotopic (exact) mass is 416 g/mol. The molecule has 8 heteroatoms. The number of carbonyl (C=O) groups excluding carboxylic acids is 1. The number of benzene rings is 2. The van der Waals surface area contributed by atoms with Crippen LogP contribution in [0.5, 0.6) is 28.7 Å². The summed E-state index contributed by atoms with van der Waals surface area (Å²) in [5.41, 5.74) is 7.07. The summed E-state index contributed by atoms with van der Waals surface area (Å²) in [7, 11) is 4.50. The van der Waals surface area contributed by atoms with Gasteiger partial charge in [0, 0.05) is 19.2 Å². The second kappa shape index (κ2) is 10.2. The number of methoxy groups -OCH3 is 3. The lowest BCUT2D eigenvalue weighted by Crippen LogP contribution is -2.40. The summed E-state index contributed by atoms with van der Waals surface area (Å²) in [4.78, 5) is 14.9. The third-order valence-corrected chi connectivity index (χ3v) is 4.88. The number of ether oxygens (including phenoxy) is 5. The van der Waals surface area contributed by atoms with Crippen molar-refractivity contribution in [1.82, 2.24) is 4.90 Å². The highest BCUT2D eigenvalue weighted by Crippen LogP contribution is 2.48. The fourth-order valence-electron chi connectivity index (χ4n) is 3.37. The molecule has 0 saturated carbocycles. The Morgan fingerprint density at radius 1 is 1.00 bits per heavy atom. The van der Waals surface area contributed by atoms with E-state index in [0.29, 0.717) is 67.2 Å². The summed E-state index contributed by atoms with van der Waals surface area (Å²) in [6.07, 6.45) is 0.790. The fraction of sp³-hybridized carbons (Fsp3) is 0.409. The van der Waals surface area contributed by atoms with Crippen LogP contribution in [0.25, 0.3) is 0 Å². The first-order valence-corrected chi connectivity index (χ1v) is 9.79. The van der Waals surface area contributed by atoms with Gasteiger partial charge in [-0.15, -0.1) is 0 Å². The van der Waals surface area contributed by atoms with E-state index in [0.717, 1.165) is 12.0 Å². The van der Waals surface area contributed by atoms with Crippen LogP contribution in [0, 0.1) is 0 Å². The molecule has 3 rings (SSSR count). The van der Waals surface area contributed by atoms with E-state index >= 15 is 0 Å². The third-order valence-electron chi connectivity index (χ3n) is 4.88. The Kier molecular flexibility index (Phi) is 7.37. The zero-order valence-electron chi connectivity index (χ0n) is 17.6. The van der Waals surface area contributed by atoms with E-state index in [-0.39, 0.29) is 5.91 Å². The Balaban J connectivity index is 2.01. The molecule has 0 radical (unpaired) electrons. The fourth-order valence-corrected chi connectivity index (χ4v) is 3.37. The molecule has 2 N–H and O–H groups in total. The predicted molar refractivity (Wildman–Crippen MR) is 112 cm³/mol. The van der Waals surface area contributed by atoms with E-state index < -0.39 is 0 Å². The molecule has 162 valence electrons. The zero-order chi connectivity index (χ0) is 21.5. The second-order valence-corrected chi connectivity index (χ2v) is 6.71. The molecule has 0 unspecified atom stereocenters. The molecular formula is C22H28N2O6. The molecule has 1 saturated heterocycles.